The van der Waals surface area contributed by atoms with E-state index in [0.29, 0.717) is 43.1 Å². The smallest absolute Gasteiger partial charge is 0.334 e. The number of unbranched alkanes of at least 4 members (excludes halogenated alkanes) is 10. The van der Waals surface area contributed by atoms with Crippen molar-refractivity contribution in [1.82, 2.24) is 0 Å². The maximum absolute atomic E-state index is 12.6. The first-order valence-corrected chi connectivity index (χ1v) is 12.2. The lowest BCUT2D eigenvalue weighted by atomic mass is 9.85. The fourth-order valence-corrected chi connectivity index (χ4v) is 3.82. The number of carbonyl (C=O) groups excluding carboxylic acids is 2. The van der Waals surface area contributed by atoms with Crippen LogP contribution >= 0.6 is 0 Å². The average Bonchev–Trinajstić information content (AvgIpc) is 2.72. The molecular weight excluding hydrogens is 364 g/mol. The van der Waals surface area contributed by atoms with Crippen molar-refractivity contribution in [2.75, 3.05) is 13.2 Å². The summed E-state index contributed by atoms with van der Waals surface area (Å²) in [5.74, 6) is -0.213. The van der Waals surface area contributed by atoms with Gasteiger partial charge in [0.15, 0.2) is 0 Å². The predicted molar refractivity (Wildman–Crippen MR) is 119 cm³/mol. The lowest BCUT2D eigenvalue weighted by Crippen LogP contribution is -2.22. The van der Waals surface area contributed by atoms with Crippen LogP contribution in [0.5, 0.6) is 0 Å². The van der Waals surface area contributed by atoms with Crippen LogP contribution in [0.3, 0.4) is 0 Å². The molecule has 4 heteroatoms. The van der Waals surface area contributed by atoms with Gasteiger partial charge in [-0.15, -0.1) is 0 Å². The number of esters is 2. The number of rotatable bonds is 16. The van der Waals surface area contributed by atoms with Crippen molar-refractivity contribution in [2.24, 2.45) is 5.92 Å². The van der Waals surface area contributed by atoms with Gasteiger partial charge in [0.25, 0.3) is 0 Å². The van der Waals surface area contributed by atoms with Gasteiger partial charge in [-0.05, 0) is 38.0 Å². The first-order valence-electron chi connectivity index (χ1n) is 12.2. The van der Waals surface area contributed by atoms with Crippen LogP contribution in [0.15, 0.2) is 11.1 Å². The summed E-state index contributed by atoms with van der Waals surface area (Å²) in [7, 11) is 0. The van der Waals surface area contributed by atoms with Gasteiger partial charge >= 0.3 is 11.9 Å². The van der Waals surface area contributed by atoms with Gasteiger partial charge in [-0.25, -0.2) is 9.59 Å². The lowest BCUT2D eigenvalue weighted by Gasteiger charge is -2.23. The van der Waals surface area contributed by atoms with Crippen molar-refractivity contribution in [3.05, 3.63) is 11.1 Å². The van der Waals surface area contributed by atoms with Crippen LogP contribution in [0.1, 0.15) is 117 Å². The zero-order valence-corrected chi connectivity index (χ0v) is 19.2. The Hall–Kier alpha value is -1.32. The molecule has 0 aromatic rings. The van der Waals surface area contributed by atoms with Crippen LogP contribution < -0.4 is 0 Å². The molecule has 0 amide bonds. The maximum atomic E-state index is 12.6. The first-order chi connectivity index (χ1) is 14.1. The van der Waals surface area contributed by atoms with E-state index in [9.17, 15) is 9.59 Å². The highest BCUT2D eigenvalue weighted by atomic mass is 16.5. The highest BCUT2D eigenvalue weighted by molar-refractivity contribution is 6.00. The Labute approximate surface area is 178 Å². The Kier molecular flexibility index (Phi) is 14.6. The van der Waals surface area contributed by atoms with Crippen LogP contribution in [0.4, 0.5) is 0 Å². The molecule has 168 valence electrons. The number of hydrogen-bond acceptors (Lipinski definition) is 4. The number of carbonyl (C=O) groups is 2. The molecule has 0 fully saturated rings. The minimum Gasteiger partial charge on any atom is -0.462 e. The van der Waals surface area contributed by atoms with E-state index in [0.717, 1.165) is 32.1 Å². The summed E-state index contributed by atoms with van der Waals surface area (Å²) in [4.78, 5) is 25.1. The topological polar surface area (TPSA) is 52.6 Å². The zero-order valence-electron chi connectivity index (χ0n) is 19.2. The predicted octanol–water partition coefficient (Wildman–Crippen LogP) is 6.91. The molecule has 1 unspecified atom stereocenters. The summed E-state index contributed by atoms with van der Waals surface area (Å²) < 4.78 is 11.0. The number of hydrogen-bond donors (Lipinski definition) is 0. The van der Waals surface area contributed by atoms with Gasteiger partial charge in [-0.3, -0.25) is 0 Å². The number of ether oxygens (including phenoxy) is 2. The van der Waals surface area contributed by atoms with Crippen molar-refractivity contribution in [3.8, 4) is 0 Å². The van der Waals surface area contributed by atoms with E-state index < -0.39 is 0 Å². The molecule has 0 heterocycles. The lowest BCUT2D eigenvalue weighted by molar-refractivity contribution is -0.143. The summed E-state index contributed by atoms with van der Waals surface area (Å²) in [5, 5.41) is 0. The molecule has 1 aliphatic rings. The van der Waals surface area contributed by atoms with E-state index in [1.807, 2.05) is 0 Å². The van der Waals surface area contributed by atoms with E-state index >= 15 is 0 Å². The highest BCUT2D eigenvalue weighted by Crippen LogP contribution is 2.31. The van der Waals surface area contributed by atoms with Crippen molar-refractivity contribution < 1.29 is 19.1 Å². The molecule has 0 radical (unpaired) electrons. The molecule has 1 rings (SSSR count). The fraction of sp³-hybridized carbons (Fsp3) is 0.840. The molecule has 4 nitrogen and oxygen atoms in total. The molecule has 0 saturated carbocycles. The molecule has 0 aromatic heterocycles. The summed E-state index contributed by atoms with van der Waals surface area (Å²) >= 11 is 0. The molecular formula is C25H44O4. The van der Waals surface area contributed by atoms with E-state index in [1.165, 1.54) is 51.4 Å². The van der Waals surface area contributed by atoms with Gasteiger partial charge in [0.1, 0.15) is 0 Å². The Morgan fingerprint density at radius 3 is 1.69 bits per heavy atom. The summed E-state index contributed by atoms with van der Waals surface area (Å²) in [6.45, 7) is 7.43. The summed E-state index contributed by atoms with van der Waals surface area (Å²) in [5.41, 5.74) is 1.12. The zero-order chi connectivity index (χ0) is 21.3. The van der Waals surface area contributed by atoms with Crippen molar-refractivity contribution in [2.45, 2.75) is 117 Å². The molecule has 0 spiro atoms. The Balaban J connectivity index is 2.41. The van der Waals surface area contributed by atoms with Crippen LogP contribution in [-0.2, 0) is 19.1 Å². The van der Waals surface area contributed by atoms with Gasteiger partial charge in [0.05, 0.1) is 13.2 Å². The Morgan fingerprint density at radius 2 is 1.17 bits per heavy atom. The van der Waals surface area contributed by atoms with Gasteiger partial charge in [-0.2, -0.15) is 0 Å². The van der Waals surface area contributed by atoms with Crippen molar-refractivity contribution in [3.63, 3.8) is 0 Å². The van der Waals surface area contributed by atoms with Gasteiger partial charge in [-0.1, -0.05) is 85.0 Å². The van der Waals surface area contributed by atoms with E-state index in [1.54, 1.807) is 0 Å². The minimum atomic E-state index is -0.309. The van der Waals surface area contributed by atoms with E-state index in [4.69, 9.17) is 9.47 Å². The minimum absolute atomic E-state index is 0.308. The van der Waals surface area contributed by atoms with Crippen LogP contribution in [0, 0.1) is 5.92 Å². The standard InChI is InChI=1S/C25H44O4/c1-4-6-8-10-12-14-18-28-24(26)22-17-16-21(3)20-23(22)25(27)29-19-15-13-11-9-7-5-2/h21H,4-20H2,1-3H3. The van der Waals surface area contributed by atoms with Crippen LogP contribution in [-0.4, -0.2) is 25.2 Å². The fourth-order valence-electron chi connectivity index (χ4n) is 3.82. The summed E-state index contributed by atoms with van der Waals surface area (Å²) in [6.07, 6.45) is 16.1. The van der Waals surface area contributed by atoms with Crippen LogP contribution in [0.2, 0.25) is 0 Å². The Bertz CT molecular complexity index is 495. The summed E-state index contributed by atoms with van der Waals surface area (Å²) in [6, 6.07) is 0. The SMILES string of the molecule is CCCCCCCCOC(=O)C1=C(C(=O)OCCCCCCCC)CC(C)CC1. The first kappa shape index (κ1) is 25.7. The second-order valence-electron chi connectivity index (χ2n) is 8.61. The molecule has 1 atom stereocenters. The highest BCUT2D eigenvalue weighted by Gasteiger charge is 2.28. The maximum Gasteiger partial charge on any atom is 0.334 e. The normalized spacial score (nSPS) is 16.7. The third kappa shape index (κ3) is 11.4. The largest absolute Gasteiger partial charge is 0.462 e. The molecule has 1 aliphatic carbocycles. The van der Waals surface area contributed by atoms with E-state index in [-0.39, 0.29) is 11.9 Å². The third-order valence-electron chi connectivity index (χ3n) is 5.76. The second kappa shape index (κ2) is 16.5. The van der Waals surface area contributed by atoms with Gasteiger partial charge in [0.2, 0.25) is 0 Å². The monoisotopic (exact) mass is 408 g/mol. The molecule has 0 aliphatic heterocycles. The second-order valence-corrected chi connectivity index (χ2v) is 8.61. The van der Waals surface area contributed by atoms with Gasteiger partial charge in [0, 0.05) is 11.1 Å². The third-order valence-corrected chi connectivity index (χ3v) is 5.76. The van der Waals surface area contributed by atoms with Gasteiger partial charge < -0.3 is 9.47 Å². The van der Waals surface area contributed by atoms with E-state index in [2.05, 4.69) is 20.8 Å². The molecule has 0 bridgehead atoms. The molecule has 0 aromatic carbocycles. The molecule has 0 saturated heterocycles. The average molecular weight is 409 g/mol. The Morgan fingerprint density at radius 1 is 0.724 bits per heavy atom. The molecule has 0 N–H and O–H groups in total. The van der Waals surface area contributed by atoms with Crippen molar-refractivity contribution in [1.29, 1.82) is 0 Å². The molecule has 29 heavy (non-hydrogen) atoms. The quantitative estimate of drug-likeness (QED) is 0.206. The van der Waals surface area contributed by atoms with Crippen LogP contribution in [0.25, 0.3) is 0 Å². The van der Waals surface area contributed by atoms with Crippen molar-refractivity contribution >= 4 is 11.9 Å².